The van der Waals surface area contributed by atoms with Crippen molar-refractivity contribution >= 4 is 36.0 Å². The smallest absolute Gasteiger partial charge is 0.409 e. The van der Waals surface area contributed by atoms with Crippen LogP contribution in [-0.2, 0) is 17.9 Å². The maximum Gasteiger partial charge on any atom is 0.409 e. The van der Waals surface area contributed by atoms with Crippen LogP contribution in [0.15, 0.2) is 29.3 Å². The van der Waals surface area contributed by atoms with Crippen molar-refractivity contribution < 1.29 is 14.6 Å². The summed E-state index contributed by atoms with van der Waals surface area (Å²) in [6, 6.07) is 8.04. The Morgan fingerprint density at radius 2 is 1.93 bits per heavy atom. The molecular weight excluding hydrogens is 459 g/mol. The van der Waals surface area contributed by atoms with E-state index in [-0.39, 0.29) is 42.7 Å². The van der Waals surface area contributed by atoms with Crippen LogP contribution in [0.3, 0.4) is 0 Å². The third-order valence-electron chi connectivity index (χ3n) is 4.40. The van der Waals surface area contributed by atoms with Crippen molar-refractivity contribution in [1.29, 1.82) is 0 Å². The molecule has 1 fully saturated rings. The monoisotopic (exact) mass is 490 g/mol. The Morgan fingerprint density at radius 1 is 1.26 bits per heavy atom. The lowest BCUT2D eigenvalue weighted by molar-refractivity contribution is 0.0963. The number of rotatable bonds is 6. The van der Waals surface area contributed by atoms with Gasteiger partial charge in [0.25, 0.3) is 0 Å². The van der Waals surface area contributed by atoms with Crippen LogP contribution in [0.5, 0.6) is 0 Å². The van der Waals surface area contributed by atoms with Gasteiger partial charge in [-0.25, -0.2) is 9.79 Å². The van der Waals surface area contributed by atoms with Gasteiger partial charge >= 0.3 is 6.09 Å². The fraction of sp³-hybridized carbons (Fsp3) is 0.579. The number of amides is 1. The molecule has 1 amide bonds. The fourth-order valence-corrected chi connectivity index (χ4v) is 2.96. The summed E-state index contributed by atoms with van der Waals surface area (Å²) in [5, 5.41) is 16.2. The van der Waals surface area contributed by atoms with E-state index < -0.39 is 0 Å². The molecular formula is C19H31IN4O3. The second-order valence-electron chi connectivity index (χ2n) is 6.23. The van der Waals surface area contributed by atoms with Gasteiger partial charge in [-0.3, -0.25) is 0 Å². The number of ether oxygens (including phenoxy) is 1. The standard InChI is InChI=1S/C19H30N4O3.HI/c1-3-20-18(21-13-15-7-5-6-8-16(15)14-24)22-17-9-11-23(12-10-17)19(25)26-4-2;/h5-8,17,24H,3-4,9-14H2,1-2H3,(H2,20,21,22);1H. The van der Waals surface area contributed by atoms with Gasteiger partial charge in [-0.05, 0) is 37.8 Å². The van der Waals surface area contributed by atoms with E-state index in [1.165, 1.54) is 0 Å². The topological polar surface area (TPSA) is 86.2 Å². The number of halogens is 1. The van der Waals surface area contributed by atoms with Gasteiger partial charge in [0.1, 0.15) is 0 Å². The number of nitrogens with zero attached hydrogens (tertiary/aromatic N) is 2. The zero-order chi connectivity index (χ0) is 18.8. The summed E-state index contributed by atoms with van der Waals surface area (Å²) in [5.41, 5.74) is 1.92. The highest BCUT2D eigenvalue weighted by Crippen LogP contribution is 2.12. The van der Waals surface area contributed by atoms with Crippen molar-refractivity contribution in [3.05, 3.63) is 35.4 Å². The van der Waals surface area contributed by atoms with E-state index in [4.69, 9.17) is 4.74 Å². The molecule has 27 heavy (non-hydrogen) atoms. The molecule has 0 aliphatic carbocycles. The van der Waals surface area contributed by atoms with Crippen molar-refractivity contribution in [2.75, 3.05) is 26.2 Å². The number of likely N-dealkylation sites (tertiary alicyclic amines) is 1. The van der Waals surface area contributed by atoms with Gasteiger partial charge < -0.3 is 25.4 Å². The molecule has 7 nitrogen and oxygen atoms in total. The highest BCUT2D eigenvalue weighted by Gasteiger charge is 2.24. The summed E-state index contributed by atoms with van der Waals surface area (Å²) >= 11 is 0. The highest BCUT2D eigenvalue weighted by atomic mass is 127. The third kappa shape index (κ3) is 7.53. The van der Waals surface area contributed by atoms with E-state index in [1.807, 2.05) is 38.1 Å². The van der Waals surface area contributed by atoms with E-state index in [1.54, 1.807) is 4.90 Å². The Bertz CT molecular complexity index is 604. The van der Waals surface area contributed by atoms with Crippen molar-refractivity contribution in [1.82, 2.24) is 15.5 Å². The second-order valence-corrected chi connectivity index (χ2v) is 6.23. The number of hydrogen-bond donors (Lipinski definition) is 3. The number of hydrogen-bond acceptors (Lipinski definition) is 4. The minimum atomic E-state index is -0.230. The van der Waals surface area contributed by atoms with Crippen LogP contribution in [0.4, 0.5) is 4.79 Å². The van der Waals surface area contributed by atoms with Gasteiger partial charge in [-0.2, -0.15) is 0 Å². The summed E-state index contributed by atoms with van der Waals surface area (Å²) in [6.07, 6.45) is 1.49. The number of aliphatic hydroxyl groups is 1. The summed E-state index contributed by atoms with van der Waals surface area (Å²) in [7, 11) is 0. The molecule has 1 aromatic carbocycles. The van der Waals surface area contributed by atoms with Gasteiger partial charge in [0.15, 0.2) is 5.96 Å². The lowest BCUT2D eigenvalue weighted by Gasteiger charge is -2.32. The highest BCUT2D eigenvalue weighted by molar-refractivity contribution is 14.0. The number of aliphatic hydroxyl groups excluding tert-OH is 1. The van der Waals surface area contributed by atoms with Gasteiger partial charge in [0, 0.05) is 25.7 Å². The maximum atomic E-state index is 11.8. The number of carbonyl (C=O) groups excluding carboxylic acids is 1. The van der Waals surface area contributed by atoms with Crippen LogP contribution >= 0.6 is 24.0 Å². The maximum absolute atomic E-state index is 11.8. The molecule has 0 bridgehead atoms. The fourth-order valence-electron chi connectivity index (χ4n) is 2.96. The van der Waals surface area contributed by atoms with Crippen LogP contribution in [0.25, 0.3) is 0 Å². The molecule has 0 atom stereocenters. The van der Waals surface area contributed by atoms with Crippen LogP contribution in [-0.4, -0.2) is 54.3 Å². The van der Waals surface area contributed by atoms with Crippen LogP contribution in [0.1, 0.15) is 37.8 Å². The number of aliphatic imine (C=N–C) groups is 1. The molecule has 0 unspecified atom stereocenters. The van der Waals surface area contributed by atoms with E-state index in [0.29, 0.717) is 26.2 Å². The molecule has 1 aliphatic heterocycles. The lowest BCUT2D eigenvalue weighted by atomic mass is 10.1. The molecule has 152 valence electrons. The zero-order valence-corrected chi connectivity index (χ0v) is 18.4. The average molecular weight is 490 g/mol. The Kier molecular flexibility index (Phi) is 11.1. The van der Waals surface area contributed by atoms with Crippen molar-refractivity contribution in [3.63, 3.8) is 0 Å². The SMILES string of the molecule is CCNC(=NCc1ccccc1CO)NC1CCN(C(=O)OCC)CC1.I. The quantitative estimate of drug-likeness (QED) is 0.324. The van der Waals surface area contributed by atoms with Gasteiger partial charge in [0.05, 0.1) is 19.8 Å². The Morgan fingerprint density at radius 3 is 2.52 bits per heavy atom. The molecule has 3 N–H and O–H groups in total. The Hall–Kier alpha value is -1.55. The molecule has 0 saturated carbocycles. The van der Waals surface area contributed by atoms with Gasteiger partial charge in [-0.15, -0.1) is 24.0 Å². The van der Waals surface area contributed by atoms with Crippen molar-refractivity contribution in [2.24, 2.45) is 4.99 Å². The van der Waals surface area contributed by atoms with Crippen LogP contribution < -0.4 is 10.6 Å². The molecule has 0 radical (unpaired) electrons. The van der Waals surface area contributed by atoms with Crippen LogP contribution in [0.2, 0.25) is 0 Å². The summed E-state index contributed by atoms with van der Waals surface area (Å²) in [5.74, 6) is 0.759. The Labute approximate surface area is 178 Å². The largest absolute Gasteiger partial charge is 0.450 e. The first-order valence-electron chi connectivity index (χ1n) is 9.32. The third-order valence-corrected chi connectivity index (χ3v) is 4.40. The molecule has 0 spiro atoms. The van der Waals surface area contributed by atoms with E-state index >= 15 is 0 Å². The normalized spacial score (nSPS) is 15.1. The van der Waals surface area contributed by atoms with Crippen LogP contribution in [0, 0.1) is 0 Å². The molecule has 8 heteroatoms. The summed E-state index contributed by atoms with van der Waals surface area (Å²) < 4.78 is 5.06. The second kappa shape index (κ2) is 12.8. The molecule has 1 saturated heterocycles. The number of nitrogens with one attached hydrogen (secondary N) is 2. The zero-order valence-electron chi connectivity index (χ0n) is 16.1. The van der Waals surface area contributed by atoms with E-state index in [2.05, 4.69) is 15.6 Å². The van der Waals surface area contributed by atoms with E-state index in [9.17, 15) is 9.90 Å². The molecule has 0 aromatic heterocycles. The molecule has 1 aliphatic rings. The van der Waals surface area contributed by atoms with Gasteiger partial charge in [0.2, 0.25) is 0 Å². The van der Waals surface area contributed by atoms with E-state index in [0.717, 1.165) is 36.5 Å². The molecule has 2 rings (SSSR count). The number of guanidine groups is 1. The van der Waals surface area contributed by atoms with Crippen molar-refractivity contribution in [3.8, 4) is 0 Å². The molecule has 1 heterocycles. The lowest BCUT2D eigenvalue weighted by Crippen LogP contribution is -2.49. The van der Waals surface area contributed by atoms with Crippen molar-refractivity contribution in [2.45, 2.75) is 45.9 Å². The first kappa shape index (κ1) is 23.5. The predicted molar refractivity (Wildman–Crippen MR) is 117 cm³/mol. The number of carbonyl (C=O) groups is 1. The summed E-state index contributed by atoms with van der Waals surface area (Å²) in [6.45, 7) is 6.92. The number of benzene rings is 1. The minimum Gasteiger partial charge on any atom is -0.450 e. The molecule has 1 aromatic rings. The first-order chi connectivity index (χ1) is 12.7. The predicted octanol–water partition coefficient (Wildman–Crippen LogP) is 2.47. The number of piperidine rings is 1. The Balaban J connectivity index is 0.00000364. The summed E-state index contributed by atoms with van der Waals surface area (Å²) in [4.78, 5) is 18.2. The average Bonchev–Trinajstić information content (AvgIpc) is 2.67. The minimum absolute atomic E-state index is 0. The van der Waals surface area contributed by atoms with Gasteiger partial charge in [-0.1, -0.05) is 24.3 Å². The first-order valence-corrected chi connectivity index (χ1v) is 9.32.